The lowest BCUT2D eigenvalue weighted by molar-refractivity contribution is -0.122. The average Bonchev–Trinajstić information content (AvgIpc) is 3.59. The number of nitrogens with zero attached hydrogens (tertiary/aromatic N) is 1. The van der Waals surface area contributed by atoms with Crippen molar-refractivity contribution in [3.63, 3.8) is 0 Å². The number of carbonyl (C=O) groups is 3. The van der Waals surface area contributed by atoms with E-state index in [1.807, 2.05) is 12.1 Å². The Morgan fingerprint density at radius 3 is 2.45 bits per heavy atom. The first kappa shape index (κ1) is 29.8. The van der Waals surface area contributed by atoms with E-state index in [-0.39, 0.29) is 29.1 Å². The highest BCUT2D eigenvalue weighted by atomic mass is 19.1. The van der Waals surface area contributed by atoms with Crippen molar-refractivity contribution in [1.29, 1.82) is 0 Å². The lowest BCUT2D eigenvalue weighted by Crippen LogP contribution is -2.38. The molecule has 3 heterocycles. The van der Waals surface area contributed by atoms with E-state index in [0.717, 1.165) is 60.1 Å². The molecule has 1 saturated heterocycles. The Labute approximate surface area is 246 Å². The summed E-state index contributed by atoms with van der Waals surface area (Å²) < 4.78 is 15.9. The number of fused-ring (bicyclic) bond motifs is 3. The molecule has 2 aromatic carbocycles. The zero-order valence-corrected chi connectivity index (χ0v) is 24.8. The lowest BCUT2D eigenvalue weighted by Gasteiger charge is -2.30. The fraction of sp³-hybridized carbons (Fsp3) is 0.485. The molecule has 9 heteroatoms. The normalized spacial score (nSPS) is 20.0. The van der Waals surface area contributed by atoms with Crippen LogP contribution in [0.2, 0.25) is 0 Å². The van der Waals surface area contributed by atoms with Gasteiger partial charge < -0.3 is 21.7 Å². The van der Waals surface area contributed by atoms with Gasteiger partial charge in [-0.05, 0) is 80.0 Å². The summed E-state index contributed by atoms with van der Waals surface area (Å²) in [4.78, 5) is 36.1. The molecule has 1 aromatic heterocycles. The highest BCUT2D eigenvalue weighted by molar-refractivity contribution is 6.06. The van der Waals surface area contributed by atoms with Gasteiger partial charge in [0.25, 0.3) is 5.91 Å². The number of likely N-dealkylation sites (N-methyl/N-ethyl adjacent to an activating group) is 1. The van der Waals surface area contributed by atoms with Gasteiger partial charge in [0.15, 0.2) is 0 Å². The van der Waals surface area contributed by atoms with E-state index < -0.39 is 5.91 Å². The summed E-state index contributed by atoms with van der Waals surface area (Å²) in [5, 5.41) is 10.1. The molecule has 1 aliphatic carbocycles. The number of benzene rings is 2. The molecule has 8 nitrogen and oxygen atoms in total. The summed E-state index contributed by atoms with van der Waals surface area (Å²) >= 11 is 0. The fourth-order valence-corrected chi connectivity index (χ4v) is 6.68. The van der Waals surface area contributed by atoms with E-state index in [4.69, 9.17) is 5.73 Å². The van der Waals surface area contributed by atoms with Crippen LogP contribution in [0.1, 0.15) is 86.1 Å². The van der Waals surface area contributed by atoms with Crippen molar-refractivity contribution in [3.05, 3.63) is 53.5 Å². The van der Waals surface area contributed by atoms with Gasteiger partial charge in [-0.3, -0.25) is 19.0 Å². The Morgan fingerprint density at radius 1 is 1.02 bits per heavy atom. The Kier molecular flexibility index (Phi) is 8.68. The average molecular weight is 576 g/mol. The number of amides is 2. The van der Waals surface area contributed by atoms with Gasteiger partial charge in [0.1, 0.15) is 5.82 Å². The fourth-order valence-electron chi connectivity index (χ4n) is 6.68. The van der Waals surface area contributed by atoms with E-state index >= 15 is 0 Å². The molecule has 2 aliphatic heterocycles. The van der Waals surface area contributed by atoms with Crippen molar-refractivity contribution in [2.24, 2.45) is 11.1 Å². The molecule has 224 valence electrons. The van der Waals surface area contributed by atoms with Crippen molar-refractivity contribution in [2.75, 3.05) is 18.9 Å². The maximum Gasteiger partial charge on any atom is 0.250 e. The first-order valence-electron chi connectivity index (χ1n) is 15.1. The highest BCUT2D eigenvalue weighted by Crippen LogP contribution is 2.43. The Bertz CT molecular complexity index is 1500. The van der Waals surface area contributed by atoms with Gasteiger partial charge >= 0.3 is 0 Å². The monoisotopic (exact) mass is 575 g/mol. The van der Waals surface area contributed by atoms with Crippen LogP contribution in [0.5, 0.6) is 0 Å². The quantitative estimate of drug-likeness (QED) is 0.326. The van der Waals surface area contributed by atoms with Crippen molar-refractivity contribution < 1.29 is 18.8 Å². The van der Waals surface area contributed by atoms with Crippen molar-refractivity contribution >= 4 is 34.3 Å². The number of hydrogen-bond acceptors (Lipinski definition) is 5. The summed E-state index contributed by atoms with van der Waals surface area (Å²) in [6.45, 7) is 5.16. The molecular formula is C33H42FN5O3. The molecule has 1 unspecified atom stereocenters. The number of halogens is 1. The van der Waals surface area contributed by atoms with Gasteiger partial charge in [0, 0.05) is 41.8 Å². The number of anilines is 1. The second kappa shape index (κ2) is 12.3. The standard InChI is InChI=1S/C27H30FN3O2.C6H12N2O/c1-27(2)14-23-25(20-11-9-17(28)13-22(20)31(23)24(32)15-27)16-8-10-19(26(29)33)21(12-16)30-18-6-4-3-5-7-18;1-7-6(9)5-3-2-4-8-5/h8-13,18,30H,3-7,14-15H2,1-2H3,(H2,29,33);5,8H,2-4H2,1H3,(H,7,9). The second-order valence-corrected chi connectivity index (χ2v) is 12.6. The zero-order chi connectivity index (χ0) is 30.0. The van der Waals surface area contributed by atoms with Crippen LogP contribution in [0.4, 0.5) is 10.1 Å². The van der Waals surface area contributed by atoms with Crippen LogP contribution >= 0.6 is 0 Å². The van der Waals surface area contributed by atoms with Gasteiger partial charge in [-0.25, -0.2) is 4.39 Å². The number of nitrogens with one attached hydrogen (secondary N) is 3. The number of primary amides is 1. The Balaban J connectivity index is 0.000000336. The predicted octanol–water partition coefficient (Wildman–Crippen LogP) is 5.39. The van der Waals surface area contributed by atoms with Crippen LogP contribution in [-0.2, 0) is 11.2 Å². The molecule has 2 amide bonds. The third kappa shape index (κ3) is 6.21. The molecule has 1 atom stereocenters. The minimum atomic E-state index is -0.470. The summed E-state index contributed by atoms with van der Waals surface area (Å²) in [6.07, 6.45) is 8.93. The van der Waals surface area contributed by atoms with Crippen molar-refractivity contribution in [3.8, 4) is 11.1 Å². The summed E-state index contributed by atoms with van der Waals surface area (Å²) in [6, 6.07) is 10.6. The van der Waals surface area contributed by atoms with Gasteiger partial charge in [-0.2, -0.15) is 0 Å². The maximum absolute atomic E-state index is 14.2. The van der Waals surface area contributed by atoms with Gasteiger partial charge in [0.05, 0.1) is 17.1 Å². The molecule has 2 fully saturated rings. The summed E-state index contributed by atoms with van der Waals surface area (Å²) in [5.41, 5.74) is 10.0. The molecule has 0 spiro atoms. The number of aromatic nitrogens is 1. The van der Waals surface area contributed by atoms with Crippen LogP contribution < -0.4 is 21.7 Å². The van der Waals surface area contributed by atoms with Crippen molar-refractivity contribution in [1.82, 2.24) is 15.2 Å². The van der Waals surface area contributed by atoms with E-state index in [9.17, 15) is 18.8 Å². The van der Waals surface area contributed by atoms with Gasteiger partial charge in [-0.1, -0.05) is 39.2 Å². The van der Waals surface area contributed by atoms with E-state index in [2.05, 4.69) is 29.8 Å². The van der Waals surface area contributed by atoms with E-state index in [0.29, 0.717) is 30.0 Å². The summed E-state index contributed by atoms with van der Waals surface area (Å²) in [5.74, 6) is -0.734. The molecule has 3 aliphatic rings. The van der Waals surface area contributed by atoms with Crippen molar-refractivity contribution in [2.45, 2.75) is 83.7 Å². The topological polar surface area (TPSA) is 118 Å². The second-order valence-electron chi connectivity index (χ2n) is 12.6. The third-order valence-corrected chi connectivity index (χ3v) is 8.72. The predicted molar refractivity (Wildman–Crippen MR) is 164 cm³/mol. The van der Waals surface area contributed by atoms with Crippen LogP contribution in [0.3, 0.4) is 0 Å². The van der Waals surface area contributed by atoms with Crippen LogP contribution in [0.15, 0.2) is 36.4 Å². The first-order valence-corrected chi connectivity index (χ1v) is 15.1. The van der Waals surface area contributed by atoms with Crippen LogP contribution in [-0.4, -0.2) is 48.0 Å². The minimum Gasteiger partial charge on any atom is -0.382 e. The highest BCUT2D eigenvalue weighted by Gasteiger charge is 2.35. The third-order valence-electron chi connectivity index (χ3n) is 8.72. The van der Waals surface area contributed by atoms with Gasteiger partial charge in [-0.15, -0.1) is 0 Å². The summed E-state index contributed by atoms with van der Waals surface area (Å²) in [7, 11) is 1.67. The number of carbonyl (C=O) groups excluding carboxylic acids is 3. The minimum absolute atomic E-state index is 0.0163. The van der Waals surface area contributed by atoms with E-state index in [1.165, 1.54) is 31.4 Å². The number of nitrogens with two attached hydrogens (primary N) is 1. The number of rotatable bonds is 5. The van der Waals surface area contributed by atoms with E-state index in [1.54, 1.807) is 23.7 Å². The number of hydrogen-bond donors (Lipinski definition) is 4. The molecule has 0 radical (unpaired) electrons. The molecule has 5 N–H and O–H groups in total. The van der Waals surface area contributed by atoms with Gasteiger partial charge in [0.2, 0.25) is 11.8 Å². The molecule has 6 rings (SSSR count). The van der Waals surface area contributed by atoms with Crippen LogP contribution in [0.25, 0.3) is 22.0 Å². The molecule has 1 saturated carbocycles. The Hall–Kier alpha value is -3.72. The zero-order valence-electron chi connectivity index (χ0n) is 24.8. The molecular weight excluding hydrogens is 533 g/mol. The maximum atomic E-state index is 14.2. The van der Waals surface area contributed by atoms with Crippen LogP contribution in [0, 0.1) is 11.2 Å². The molecule has 3 aromatic rings. The molecule has 42 heavy (non-hydrogen) atoms. The Morgan fingerprint density at radius 2 is 1.79 bits per heavy atom. The molecule has 0 bridgehead atoms. The largest absolute Gasteiger partial charge is 0.382 e. The lowest BCUT2D eigenvalue weighted by atomic mass is 9.80. The first-order chi connectivity index (χ1) is 20.1. The smallest absolute Gasteiger partial charge is 0.250 e. The SMILES string of the molecule is CC1(C)CC(=O)n2c(c(-c3ccc(C(N)=O)c(NC4CCCCC4)c3)c3ccc(F)cc32)C1.CNC(=O)C1CCCN1.